The molecule has 24 heavy (non-hydrogen) atoms. The number of hydrogen-bond acceptors (Lipinski definition) is 3. The molecule has 0 aliphatic carbocycles. The summed E-state index contributed by atoms with van der Waals surface area (Å²) in [5.41, 5.74) is 0.359. The van der Waals surface area contributed by atoms with Gasteiger partial charge in [0.1, 0.15) is 5.82 Å². The van der Waals surface area contributed by atoms with Crippen LogP contribution in [0.4, 0.5) is 10.1 Å². The van der Waals surface area contributed by atoms with Crippen molar-refractivity contribution in [1.82, 2.24) is 9.78 Å². The number of aromatic nitrogens is 2. The minimum absolute atomic E-state index is 0.139. The van der Waals surface area contributed by atoms with E-state index in [1.165, 1.54) is 21.7 Å². The van der Waals surface area contributed by atoms with Crippen LogP contribution >= 0.6 is 0 Å². The molecule has 1 heterocycles. The number of anilines is 1. The summed E-state index contributed by atoms with van der Waals surface area (Å²) in [4.78, 5) is 26.9. The number of nitrogens with zero attached hydrogens (tertiary/aromatic N) is 3. The van der Waals surface area contributed by atoms with Gasteiger partial charge in [0.05, 0.1) is 10.9 Å². The number of halogens is 1. The molecule has 0 N–H and O–H groups in total. The topological polar surface area (TPSA) is 55.2 Å². The van der Waals surface area contributed by atoms with Gasteiger partial charge in [0.2, 0.25) is 5.43 Å². The molecule has 122 valence electrons. The van der Waals surface area contributed by atoms with E-state index in [1.54, 1.807) is 19.2 Å². The summed E-state index contributed by atoms with van der Waals surface area (Å²) in [6.45, 7) is 2.20. The van der Waals surface area contributed by atoms with Gasteiger partial charge in [0.25, 0.3) is 5.91 Å². The summed E-state index contributed by atoms with van der Waals surface area (Å²) in [5, 5.41) is 4.25. The first-order valence-electron chi connectivity index (χ1n) is 7.56. The number of benzene rings is 2. The van der Waals surface area contributed by atoms with Crippen molar-refractivity contribution < 1.29 is 9.18 Å². The highest BCUT2D eigenvalue weighted by Gasteiger charge is 2.22. The molecule has 3 aromatic rings. The predicted molar refractivity (Wildman–Crippen MR) is 90.7 cm³/mol. The van der Waals surface area contributed by atoms with Gasteiger partial charge in [0.15, 0.2) is 5.69 Å². The maximum Gasteiger partial charge on any atom is 0.282 e. The molecule has 0 atom stereocenters. The van der Waals surface area contributed by atoms with Gasteiger partial charge in [-0.3, -0.25) is 14.3 Å². The van der Waals surface area contributed by atoms with Crippen molar-refractivity contribution in [2.75, 3.05) is 11.4 Å². The van der Waals surface area contributed by atoms with Gasteiger partial charge in [-0.05, 0) is 37.3 Å². The SMILES string of the molecule is CCN(C(=O)c1nn(C)c2ccc(F)cc2c1=O)c1ccccc1. The first kappa shape index (κ1) is 15.9. The van der Waals surface area contributed by atoms with E-state index in [1.807, 2.05) is 25.1 Å². The molecule has 0 aliphatic heterocycles. The Bertz CT molecular complexity index is 967. The highest BCUT2D eigenvalue weighted by molar-refractivity contribution is 6.05. The normalized spacial score (nSPS) is 10.8. The average molecular weight is 325 g/mol. The molecule has 0 fully saturated rings. The van der Waals surface area contributed by atoms with Crippen LogP contribution in [-0.4, -0.2) is 22.2 Å². The van der Waals surface area contributed by atoms with Crippen LogP contribution in [0.2, 0.25) is 0 Å². The molecule has 1 aromatic heterocycles. The summed E-state index contributed by atoms with van der Waals surface area (Å²) in [5.74, 6) is -1.03. The molecule has 1 amide bonds. The number of carbonyl (C=O) groups is 1. The Labute approximate surface area is 137 Å². The molecule has 3 rings (SSSR count). The summed E-state index contributed by atoms with van der Waals surface area (Å²) in [6, 6.07) is 12.9. The fraction of sp³-hybridized carbons (Fsp3) is 0.167. The van der Waals surface area contributed by atoms with Crippen LogP contribution in [0.25, 0.3) is 10.9 Å². The second kappa shape index (κ2) is 6.23. The Morgan fingerprint density at radius 2 is 1.92 bits per heavy atom. The lowest BCUT2D eigenvalue weighted by Crippen LogP contribution is -2.36. The minimum Gasteiger partial charge on any atom is -0.307 e. The number of para-hydroxylation sites is 1. The van der Waals surface area contributed by atoms with E-state index in [0.717, 1.165) is 6.07 Å². The summed E-state index contributed by atoms with van der Waals surface area (Å²) >= 11 is 0. The number of carbonyl (C=O) groups excluding carboxylic acids is 1. The Morgan fingerprint density at radius 3 is 2.58 bits per heavy atom. The number of aryl methyl sites for hydroxylation is 1. The van der Waals surface area contributed by atoms with E-state index in [4.69, 9.17) is 0 Å². The van der Waals surface area contributed by atoms with Crippen molar-refractivity contribution >= 4 is 22.5 Å². The summed E-state index contributed by atoms with van der Waals surface area (Å²) < 4.78 is 14.9. The highest BCUT2D eigenvalue weighted by atomic mass is 19.1. The molecule has 0 radical (unpaired) electrons. The molecule has 2 aromatic carbocycles. The fourth-order valence-corrected chi connectivity index (χ4v) is 2.67. The van der Waals surface area contributed by atoms with Gasteiger partial charge < -0.3 is 4.90 Å². The number of rotatable bonds is 3. The fourth-order valence-electron chi connectivity index (χ4n) is 2.67. The van der Waals surface area contributed by atoms with Crippen LogP contribution in [0.3, 0.4) is 0 Å². The van der Waals surface area contributed by atoms with E-state index in [2.05, 4.69) is 5.10 Å². The summed E-state index contributed by atoms with van der Waals surface area (Å²) in [7, 11) is 1.62. The average Bonchev–Trinajstić information content (AvgIpc) is 2.59. The van der Waals surface area contributed by atoms with E-state index in [0.29, 0.717) is 17.7 Å². The predicted octanol–water partition coefficient (Wildman–Crippen LogP) is 2.74. The molecule has 0 bridgehead atoms. The third-order valence-electron chi connectivity index (χ3n) is 3.85. The Kier molecular flexibility index (Phi) is 4.12. The van der Waals surface area contributed by atoms with Crippen molar-refractivity contribution in [3.8, 4) is 0 Å². The van der Waals surface area contributed by atoms with Crippen molar-refractivity contribution in [3.63, 3.8) is 0 Å². The second-order valence-electron chi connectivity index (χ2n) is 5.35. The quantitative estimate of drug-likeness (QED) is 0.744. The van der Waals surface area contributed by atoms with Gasteiger partial charge in [-0.15, -0.1) is 0 Å². The van der Waals surface area contributed by atoms with E-state index >= 15 is 0 Å². The molecule has 0 saturated carbocycles. The van der Waals surface area contributed by atoms with Gasteiger partial charge >= 0.3 is 0 Å². The molecule has 0 unspecified atom stereocenters. The molecule has 0 saturated heterocycles. The van der Waals surface area contributed by atoms with E-state index in [9.17, 15) is 14.0 Å². The monoisotopic (exact) mass is 325 g/mol. The Balaban J connectivity index is 2.16. The van der Waals surface area contributed by atoms with Crippen LogP contribution in [0.5, 0.6) is 0 Å². The lowest BCUT2D eigenvalue weighted by molar-refractivity contribution is 0.0980. The molecular formula is C18H16FN3O2. The zero-order valence-corrected chi connectivity index (χ0v) is 13.4. The number of hydrogen-bond donors (Lipinski definition) is 0. The summed E-state index contributed by atoms with van der Waals surface area (Å²) in [6.07, 6.45) is 0. The van der Waals surface area contributed by atoms with Crippen LogP contribution < -0.4 is 10.3 Å². The Hall–Kier alpha value is -3.02. The number of fused-ring (bicyclic) bond motifs is 1. The van der Waals surface area contributed by atoms with Gasteiger partial charge in [-0.25, -0.2) is 4.39 Å². The molecule has 5 nitrogen and oxygen atoms in total. The first-order valence-corrected chi connectivity index (χ1v) is 7.56. The van der Waals surface area contributed by atoms with Crippen molar-refractivity contribution in [2.45, 2.75) is 6.92 Å². The van der Waals surface area contributed by atoms with Crippen LogP contribution in [0.1, 0.15) is 17.4 Å². The lowest BCUT2D eigenvalue weighted by atomic mass is 10.1. The first-order chi connectivity index (χ1) is 11.5. The molecule has 0 spiro atoms. The third kappa shape index (κ3) is 2.67. The minimum atomic E-state index is -0.568. The smallest absolute Gasteiger partial charge is 0.282 e. The molecule has 0 aliphatic rings. The van der Waals surface area contributed by atoms with Crippen LogP contribution in [0.15, 0.2) is 53.3 Å². The van der Waals surface area contributed by atoms with Crippen molar-refractivity contribution in [2.24, 2.45) is 7.05 Å². The van der Waals surface area contributed by atoms with Gasteiger partial charge in [0, 0.05) is 19.3 Å². The maximum absolute atomic E-state index is 13.5. The van der Waals surface area contributed by atoms with Crippen LogP contribution in [-0.2, 0) is 7.05 Å². The number of amides is 1. The largest absolute Gasteiger partial charge is 0.307 e. The third-order valence-corrected chi connectivity index (χ3v) is 3.85. The standard InChI is InChI=1S/C18H16FN3O2/c1-3-22(13-7-5-4-6-8-13)18(24)16-17(23)14-11-12(19)9-10-15(14)21(2)20-16/h4-11H,3H2,1-2H3. The highest BCUT2D eigenvalue weighted by Crippen LogP contribution is 2.16. The zero-order valence-electron chi connectivity index (χ0n) is 13.4. The van der Waals surface area contributed by atoms with Crippen molar-refractivity contribution in [1.29, 1.82) is 0 Å². The van der Waals surface area contributed by atoms with Gasteiger partial charge in [-0.2, -0.15) is 5.10 Å². The van der Waals surface area contributed by atoms with Crippen LogP contribution in [0, 0.1) is 5.82 Å². The Morgan fingerprint density at radius 1 is 1.21 bits per heavy atom. The molecule has 6 heteroatoms. The second-order valence-corrected chi connectivity index (χ2v) is 5.35. The lowest BCUT2D eigenvalue weighted by Gasteiger charge is -2.20. The maximum atomic E-state index is 13.5. The van der Waals surface area contributed by atoms with Crippen molar-refractivity contribution in [3.05, 3.63) is 70.3 Å². The van der Waals surface area contributed by atoms with E-state index in [-0.39, 0.29) is 11.1 Å². The zero-order chi connectivity index (χ0) is 17.3. The van der Waals surface area contributed by atoms with Gasteiger partial charge in [-0.1, -0.05) is 18.2 Å². The van der Waals surface area contributed by atoms with E-state index < -0.39 is 17.2 Å². The molecular weight excluding hydrogens is 309 g/mol.